The summed E-state index contributed by atoms with van der Waals surface area (Å²) in [6.07, 6.45) is 1.52. The van der Waals surface area contributed by atoms with E-state index in [0.29, 0.717) is 23.8 Å². The zero-order valence-electron chi connectivity index (χ0n) is 19.7. The van der Waals surface area contributed by atoms with Gasteiger partial charge in [0.1, 0.15) is 16.4 Å². The molecule has 0 bridgehead atoms. The molecule has 0 spiro atoms. The van der Waals surface area contributed by atoms with Crippen molar-refractivity contribution in [3.8, 4) is 33.2 Å². The van der Waals surface area contributed by atoms with E-state index in [-0.39, 0.29) is 6.61 Å². The average molecular weight is 493 g/mol. The number of thiazole rings is 1. The highest BCUT2D eigenvalue weighted by atomic mass is 32.1. The van der Waals surface area contributed by atoms with E-state index >= 15 is 0 Å². The molecule has 2 aromatic heterocycles. The van der Waals surface area contributed by atoms with E-state index < -0.39 is 5.97 Å². The number of aromatic nitrogens is 3. The summed E-state index contributed by atoms with van der Waals surface area (Å²) in [6.45, 7) is 2.55. The SMILES string of the molecule is CCOC(=O)c1cnc(-c2ccccc2)nc1NCc1ccc(-c2nc(-c3ccccc3)cs2)cc1. The number of nitrogens with one attached hydrogen (secondary N) is 1. The Hall–Kier alpha value is -4.36. The van der Waals surface area contributed by atoms with Crippen LogP contribution < -0.4 is 5.32 Å². The zero-order valence-corrected chi connectivity index (χ0v) is 20.5. The van der Waals surface area contributed by atoms with Crippen molar-refractivity contribution in [3.63, 3.8) is 0 Å². The van der Waals surface area contributed by atoms with Crippen molar-refractivity contribution in [2.24, 2.45) is 0 Å². The molecule has 0 atom stereocenters. The summed E-state index contributed by atoms with van der Waals surface area (Å²) in [5.74, 6) is 0.534. The van der Waals surface area contributed by atoms with Gasteiger partial charge in [0, 0.05) is 34.8 Å². The van der Waals surface area contributed by atoms with Crippen LogP contribution in [0.15, 0.2) is 96.5 Å². The molecule has 0 saturated heterocycles. The smallest absolute Gasteiger partial charge is 0.343 e. The third kappa shape index (κ3) is 5.31. The highest BCUT2D eigenvalue weighted by molar-refractivity contribution is 7.13. The lowest BCUT2D eigenvalue weighted by Crippen LogP contribution is -2.13. The lowest BCUT2D eigenvalue weighted by Gasteiger charge is -2.12. The minimum absolute atomic E-state index is 0.281. The van der Waals surface area contributed by atoms with Crippen LogP contribution in [-0.2, 0) is 11.3 Å². The first kappa shape index (κ1) is 23.4. The van der Waals surface area contributed by atoms with Crippen LogP contribution in [0.4, 0.5) is 5.82 Å². The molecule has 3 aromatic carbocycles. The maximum Gasteiger partial charge on any atom is 0.343 e. The molecule has 0 aliphatic rings. The van der Waals surface area contributed by atoms with Crippen molar-refractivity contribution in [1.29, 1.82) is 0 Å². The number of benzene rings is 3. The number of esters is 1. The second-order valence-corrected chi connectivity index (χ2v) is 8.85. The Kier molecular flexibility index (Phi) is 7.10. The van der Waals surface area contributed by atoms with Crippen molar-refractivity contribution < 1.29 is 9.53 Å². The van der Waals surface area contributed by atoms with Crippen LogP contribution in [0.2, 0.25) is 0 Å². The van der Waals surface area contributed by atoms with Gasteiger partial charge in [-0.05, 0) is 12.5 Å². The lowest BCUT2D eigenvalue weighted by atomic mass is 10.1. The van der Waals surface area contributed by atoms with Crippen LogP contribution in [-0.4, -0.2) is 27.5 Å². The molecule has 0 radical (unpaired) electrons. The van der Waals surface area contributed by atoms with Crippen LogP contribution in [0.1, 0.15) is 22.8 Å². The van der Waals surface area contributed by atoms with Crippen molar-refractivity contribution in [2.75, 3.05) is 11.9 Å². The normalized spacial score (nSPS) is 10.7. The standard InChI is InChI=1S/C29H24N4O2S/c1-2-35-29(34)24-18-31-26(22-11-7-4-8-12-22)33-27(24)30-17-20-13-15-23(16-14-20)28-32-25(19-36-28)21-9-5-3-6-10-21/h3-16,18-19H,2,17H2,1H3,(H,30,31,33). The molecule has 2 heterocycles. The number of nitrogens with zero attached hydrogens (tertiary/aromatic N) is 3. The zero-order chi connectivity index (χ0) is 24.7. The number of ether oxygens (including phenoxy) is 1. The van der Waals surface area contributed by atoms with Gasteiger partial charge in [-0.2, -0.15) is 0 Å². The maximum absolute atomic E-state index is 12.5. The number of rotatable bonds is 8. The molecule has 6 nitrogen and oxygen atoms in total. The van der Waals surface area contributed by atoms with Gasteiger partial charge >= 0.3 is 5.97 Å². The summed E-state index contributed by atoms with van der Waals surface area (Å²) in [5.41, 5.74) is 5.38. The van der Waals surface area contributed by atoms with E-state index in [1.807, 2.05) is 48.5 Å². The molecule has 7 heteroatoms. The van der Waals surface area contributed by atoms with Crippen molar-refractivity contribution in [1.82, 2.24) is 15.0 Å². The van der Waals surface area contributed by atoms with E-state index in [9.17, 15) is 4.79 Å². The fraction of sp³-hybridized carbons (Fsp3) is 0.103. The van der Waals surface area contributed by atoms with Crippen molar-refractivity contribution in [3.05, 3.63) is 108 Å². The summed E-state index contributed by atoms with van der Waals surface area (Å²) < 4.78 is 5.20. The molecular formula is C29H24N4O2S. The highest BCUT2D eigenvalue weighted by Gasteiger charge is 2.16. The van der Waals surface area contributed by atoms with E-state index in [1.165, 1.54) is 6.20 Å². The van der Waals surface area contributed by atoms with Gasteiger partial charge in [0.15, 0.2) is 5.82 Å². The quantitative estimate of drug-likeness (QED) is 0.242. The predicted molar refractivity (Wildman–Crippen MR) is 144 cm³/mol. The second kappa shape index (κ2) is 10.9. The van der Waals surface area contributed by atoms with Gasteiger partial charge in [-0.1, -0.05) is 84.9 Å². The first-order chi connectivity index (χ1) is 17.7. The van der Waals surface area contributed by atoms with Crippen LogP contribution >= 0.6 is 11.3 Å². The Bertz CT molecular complexity index is 1450. The first-order valence-corrected chi connectivity index (χ1v) is 12.5. The van der Waals surface area contributed by atoms with E-state index in [1.54, 1.807) is 18.3 Å². The molecule has 0 aliphatic carbocycles. The van der Waals surface area contributed by atoms with E-state index in [0.717, 1.165) is 33.0 Å². The Morgan fingerprint density at radius 3 is 2.25 bits per heavy atom. The highest BCUT2D eigenvalue weighted by Crippen LogP contribution is 2.29. The molecule has 5 aromatic rings. The molecular weight excluding hydrogens is 468 g/mol. The maximum atomic E-state index is 12.5. The number of carbonyl (C=O) groups is 1. The van der Waals surface area contributed by atoms with Crippen LogP contribution in [0.25, 0.3) is 33.2 Å². The molecule has 1 N–H and O–H groups in total. The number of hydrogen-bond acceptors (Lipinski definition) is 7. The topological polar surface area (TPSA) is 77.0 Å². The van der Waals surface area contributed by atoms with Gasteiger partial charge < -0.3 is 10.1 Å². The van der Waals surface area contributed by atoms with Gasteiger partial charge in [0.25, 0.3) is 0 Å². The van der Waals surface area contributed by atoms with Crippen LogP contribution in [0, 0.1) is 0 Å². The minimum Gasteiger partial charge on any atom is -0.462 e. The molecule has 36 heavy (non-hydrogen) atoms. The van der Waals surface area contributed by atoms with Gasteiger partial charge in [-0.15, -0.1) is 11.3 Å². The monoisotopic (exact) mass is 492 g/mol. The number of hydrogen-bond donors (Lipinski definition) is 1. The lowest BCUT2D eigenvalue weighted by molar-refractivity contribution is 0.0526. The third-order valence-corrected chi connectivity index (χ3v) is 6.44. The fourth-order valence-corrected chi connectivity index (χ4v) is 4.54. The molecule has 178 valence electrons. The first-order valence-electron chi connectivity index (χ1n) is 11.6. The number of carbonyl (C=O) groups excluding carboxylic acids is 1. The van der Waals surface area contributed by atoms with Gasteiger partial charge in [0.2, 0.25) is 0 Å². The fourth-order valence-electron chi connectivity index (χ4n) is 3.70. The summed E-state index contributed by atoms with van der Waals surface area (Å²) in [4.78, 5) is 26.3. The predicted octanol–water partition coefficient (Wildman–Crippen LogP) is 6.72. The van der Waals surface area contributed by atoms with Gasteiger partial charge in [0.05, 0.1) is 12.3 Å². The Morgan fingerprint density at radius 1 is 0.861 bits per heavy atom. The molecule has 0 unspecified atom stereocenters. The van der Waals surface area contributed by atoms with Crippen molar-refractivity contribution in [2.45, 2.75) is 13.5 Å². The average Bonchev–Trinajstić information content (AvgIpc) is 3.44. The number of anilines is 1. The van der Waals surface area contributed by atoms with Crippen molar-refractivity contribution >= 4 is 23.1 Å². The molecule has 0 fully saturated rings. The van der Waals surface area contributed by atoms with Gasteiger partial charge in [-0.3, -0.25) is 0 Å². The summed E-state index contributed by atoms with van der Waals surface area (Å²) in [6, 6.07) is 28.1. The Labute approximate surface area is 213 Å². The van der Waals surface area contributed by atoms with Crippen LogP contribution in [0.5, 0.6) is 0 Å². The van der Waals surface area contributed by atoms with E-state index in [4.69, 9.17) is 9.72 Å². The van der Waals surface area contributed by atoms with Gasteiger partial charge in [-0.25, -0.2) is 19.7 Å². The molecule has 0 amide bonds. The van der Waals surface area contributed by atoms with Crippen LogP contribution in [0.3, 0.4) is 0 Å². The Balaban J connectivity index is 1.33. The Morgan fingerprint density at radius 2 is 1.56 bits per heavy atom. The van der Waals surface area contributed by atoms with E-state index in [2.05, 4.69) is 57.1 Å². The molecule has 0 saturated carbocycles. The summed E-state index contributed by atoms with van der Waals surface area (Å²) in [7, 11) is 0. The molecule has 0 aliphatic heterocycles. The minimum atomic E-state index is -0.451. The largest absolute Gasteiger partial charge is 0.462 e. The third-order valence-electron chi connectivity index (χ3n) is 5.55. The molecule has 5 rings (SSSR count). The summed E-state index contributed by atoms with van der Waals surface area (Å²) in [5, 5.41) is 6.35. The second-order valence-electron chi connectivity index (χ2n) is 8.00. The summed E-state index contributed by atoms with van der Waals surface area (Å²) >= 11 is 1.63.